The van der Waals surface area contributed by atoms with Crippen LogP contribution >= 0.6 is 0 Å². The molecule has 0 aliphatic heterocycles. The Morgan fingerprint density at radius 1 is 1.19 bits per heavy atom. The van der Waals surface area contributed by atoms with Gasteiger partial charge in [0.05, 0.1) is 11.0 Å². The average Bonchev–Trinajstić information content (AvgIpc) is 2.97. The van der Waals surface area contributed by atoms with Crippen molar-refractivity contribution in [1.82, 2.24) is 9.97 Å². The average molecular weight is 282 g/mol. The van der Waals surface area contributed by atoms with Crippen molar-refractivity contribution in [3.05, 3.63) is 54.2 Å². The molecule has 5 nitrogen and oxygen atoms in total. The van der Waals surface area contributed by atoms with Crippen molar-refractivity contribution < 1.29 is 4.74 Å². The van der Waals surface area contributed by atoms with Crippen molar-refractivity contribution in [3.8, 4) is 11.6 Å². The van der Waals surface area contributed by atoms with Crippen LogP contribution in [0.4, 0.5) is 0 Å². The summed E-state index contributed by atoms with van der Waals surface area (Å²) in [5.74, 6) is 1.13. The molecule has 3 rings (SSSR count). The summed E-state index contributed by atoms with van der Waals surface area (Å²) in [5, 5.41) is 7.40. The SMILES string of the molecule is CC.N=C(N)c1cccc(Oc2ccc3[nH]ccc3n2)c1. The number of hydrogen-bond donors (Lipinski definition) is 3. The van der Waals surface area contributed by atoms with Gasteiger partial charge >= 0.3 is 0 Å². The fraction of sp³-hybridized carbons (Fsp3) is 0.125. The van der Waals surface area contributed by atoms with E-state index in [1.165, 1.54) is 0 Å². The van der Waals surface area contributed by atoms with Crippen molar-refractivity contribution in [3.63, 3.8) is 0 Å². The molecule has 0 saturated carbocycles. The number of pyridine rings is 1. The number of nitrogen functional groups attached to an aromatic ring is 1. The number of rotatable bonds is 3. The van der Waals surface area contributed by atoms with E-state index in [4.69, 9.17) is 15.9 Å². The summed E-state index contributed by atoms with van der Waals surface area (Å²) in [7, 11) is 0. The summed E-state index contributed by atoms with van der Waals surface area (Å²) in [6.07, 6.45) is 1.83. The van der Waals surface area contributed by atoms with Crippen LogP contribution in [-0.2, 0) is 0 Å². The highest BCUT2D eigenvalue weighted by Crippen LogP contribution is 2.22. The molecule has 5 heteroatoms. The molecule has 3 aromatic rings. The maximum atomic E-state index is 7.40. The van der Waals surface area contributed by atoms with Gasteiger partial charge in [0.25, 0.3) is 0 Å². The quantitative estimate of drug-likeness (QED) is 0.506. The van der Waals surface area contributed by atoms with E-state index in [1.807, 2.05) is 32.2 Å². The Labute approximate surface area is 123 Å². The molecule has 4 N–H and O–H groups in total. The van der Waals surface area contributed by atoms with Gasteiger partial charge in [-0.15, -0.1) is 0 Å². The molecule has 0 spiro atoms. The number of aromatic nitrogens is 2. The van der Waals surface area contributed by atoms with Gasteiger partial charge in [-0.1, -0.05) is 26.0 Å². The number of nitrogens with two attached hydrogens (primary N) is 1. The molecular formula is C16H18N4O. The van der Waals surface area contributed by atoms with Crippen molar-refractivity contribution in [2.75, 3.05) is 0 Å². The van der Waals surface area contributed by atoms with E-state index in [0.717, 1.165) is 11.0 Å². The number of nitrogens with one attached hydrogen (secondary N) is 2. The molecule has 108 valence electrons. The Bertz CT molecular complexity index is 749. The third kappa shape index (κ3) is 3.39. The molecule has 21 heavy (non-hydrogen) atoms. The molecule has 0 bridgehead atoms. The second kappa shape index (κ2) is 6.56. The monoisotopic (exact) mass is 282 g/mol. The van der Waals surface area contributed by atoms with Gasteiger partial charge in [-0.3, -0.25) is 5.41 Å². The van der Waals surface area contributed by atoms with E-state index in [1.54, 1.807) is 30.3 Å². The molecule has 2 heterocycles. The minimum absolute atomic E-state index is 0.0134. The first-order valence-corrected chi connectivity index (χ1v) is 6.79. The summed E-state index contributed by atoms with van der Waals surface area (Å²) in [5.41, 5.74) is 7.88. The van der Waals surface area contributed by atoms with Crippen molar-refractivity contribution in [2.24, 2.45) is 5.73 Å². The third-order valence-electron chi connectivity index (χ3n) is 2.75. The van der Waals surface area contributed by atoms with E-state index < -0.39 is 0 Å². The maximum absolute atomic E-state index is 7.40. The number of benzene rings is 1. The Kier molecular flexibility index (Phi) is 4.56. The van der Waals surface area contributed by atoms with Crippen LogP contribution in [0.5, 0.6) is 11.6 Å². The van der Waals surface area contributed by atoms with Crippen LogP contribution < -0.4 is 10.5 Å². The van der Waals surface area contributed by atoms with Crippen LogP contribution in [0.2, 0.25) is 0 Å². The summed E-state index contributed by atoms with van der Waals surface area (Å²) in [4.78, 5) is 7.44. The predicted molar refractivity (Wildman–Crippen MR) is 85.0 cm³/mol. The second-order valence-electron chi connectivity index (χ2n) is 4.10. The molecule has 0 unspecified atom stereocenters. The van der Waals surface area contributed by atoms with E-state index in [9.17, 15) is 0 Å². The Balaban J connectivity index is 0.000000774. The molecule has 0 aliphatic carbocycles. The lowest BCUT2D eigenvalue weighted by molar-refractivity contribution is 0.465. The fourth-order valence-electron chi connectivity index (χ4n) is 1.82. The number of nitrogens with zero attached hydrogens (tertiary/aromatic N) is 1. The molecule has 0 atom stereocenters. The van der Waals surface area contributed by atoms with E-state index in [0.29, 0.717) is 17.2 Å². The normalized spacial score (nSPS) is 9.81. The highest BCUT2D eigenvalue weighted by Gasteiger charge is 2.03. The van der Waals surface area contributed by atoms with Crippen LogP contribution in [0, 0.1) is 5.41 Å². The largest absolute Gasteiger partial charge is 0.439 e. The summed E-state index contributed by atoms with van der Waals surface area (Å²) in [6.45, 7) is 4.00. The lowest BCUT2D eigenvalue weighted by atomic mass is 10.2. The van der Waals surface area contributed by atoms with Gasteiger partial charge < -0.3 is 15.5 Å². The van der Waals surface area contributed by atoms with Crippen LogP contribution in [-0.4, -0.2) is 15.8 Å². The Morgan fingerprint density at radius 2 is 2.00 bits per heavy atom. The molecule has 0 radical (unpaired) electrons. The highest BCUT2D eigenvalue weighted by atomic mass is 16.5. The lowest BCUT2D eigenvalue weighted by Crippen LogP contribution is -2.10. The van der Waals surface area contributed by atoms with Gasteiger partial charge in [0.2, 0.25) is 5.88 Å². The Hall–Kier alpha value is -2.82. The van der Waals surface area contributed by atoms with Gasteiger partial charge in [0.15, 0.2) is 0 Å². The van der Waals surface area contributed by atoms with E-state index in [-0.39, 0.29) is 5.84 Å². The predicted octanol–water partition coefficient (Wildman–Crippen LogP) is 3.67. The standard InChI is InChI=1S/C14H12N4O.C2H6/c15-14(16)9-2-1-3-10(8-9)19-13-5-4-11-12(18-13)6-7-17-11;1-2/h1-8,17H,(H3,15,16);1-2H3. The zero-order valence-corrected chi connectivity index (χ0v) is 12.1. The van der Waals surface area contributed by atoms with E-state index >= 15 is 0 Å². The summed E-state index contributed by atoms with van der Waals surface area (Å²) < 4.78 is 5.67. The van der Waals surface area contributed by atoms with Gasteiger partial charge in [0, 0.05) is 17.8 Å². The second-order valence-corrected chi connectivity index (χ2v) is 4.10. The highest BCUT2D eigenvalue weighted by molar-refractivity contribution is 5.95. The molecule has 0 saturated heterocycles. The first-order valence-electron chi connectivity index (χ1n) is 6.79. The molecular weight excluding hydrogens is 264 g/mol. The van der Waals surface area contributed by atoms with Crippen LogP contribution in [0.1, 0.15) is 19.4 Å². The van der Waals surface area contributed by atoms with Gasteiger partial charge in [-0.05, 0) is 24.3 Å². The minimum Gasteiger partial charge on any atom is -0.439 e. The molecule has 2 aromatic heterocycles. The molecule has 0 amide bonds. The molecule has 0 fully saturated rings. The zero-order valence-electron chi connectivity index (χ0n) is 12.1. The third-order valence-corrected chi connectivity index (χ3v) is 2.75. The maximum Gasteiger partial charge on any atom is 0.219 e. The smallest absolute Gasteiger partial charge is 0.219 e. The van der Waals surface area contributed by atoms with Crippen LogP contribution in [0.3, 0.4) is 0 Å². The topological polar surface area (TPSA) is 87.8 Å². The lowest BCUT2D eigenvalue weighted by Gasteiger charge is -2.06. The van der Waals surface area contributed by atoms with Crippen LogP contribution in [0.25, 0.3) is 11.0 Å². The number of aromatic amines is 1. The van der Waals surface area contributed by atoms with Gasteiger partial charge in [-0.25, -0.2) is 4.98 Å². The Morgan fingerprint density at radius 3 is 2.76 bits per heavy atom. The minimum atomic E-state index is 0.0134. The number of H-pyrrole nitrogens is 1. The fourth-order valence-corrected chi connectivity index (χ4v) is 1.82. The number of hydrogen-bond acceptors (Lipinski definition) is 3. The van der Waals surface area contributed by atoms with E-state index in [2.05, 4.69) is 9.97 Å². The number of amidine groups is 1. The first-order chi connectivity index (χ1) is 10.2. The summed E-state index contributed by atoms with van der Waals surface area (Å²) >= 11 is 0. The molecule has 1 aromatic carbocycles. The summed E-state index contributed by atoms with van der Waals surface area (Å²) in [6, 6.07) is 12.7. The number of fused-ring (bicyclic) bond motifs is 1. The van der Waals surface area contributed by atoms with Crippen molar-refractivity contribution >= 4 is 16.9 Å². The van der Waals surface area contributed by atoms with Gasteiger partial charge in [-0.2, -0.15) is 0 Å². The first kappa shape index (κ1) is 14.6. The zero-order chi connectivity index (χ0) is 15.2. The van der Waals surface area contributed by atoms with Gasteiger partial charge in [0.1, 0.15) is 11.6 Å². The van der Waals surface area contributed by atoms with Crippen LogP contribution in [0.15, 0.2) is 48.7 Å². The van der Waals surface area contributed by atoms with Crippen molar-refractivity contribution in [2.45, 2.75) is 13.8 Å². The molecule has 0 aliphatic rings. The van der Waals surface area contributed by atoms with Crippen molar-refractivity contribution in [1.29, 1.82) is 5.41 Å². The number of ether oxygens (including phenoxy) is 1.